The van der Waals surface area contributed by atoms with E-state index in [0.29, 0.717) is 35.9 Å². The van der Waals surface area contributed by atoms with E-state index >= 15 is 0 Å². The molecule has 6 nitrogen and oxygen atoms in total. The van der Waals surface area contributed by atoms with Crippen LogP contribution in [0, 0.1) is 5.92 Å². The van der Waals surface area contributed by atoms with Gasteiger partial charge in [0.05, 0.1) is 0 Å². The number of rotatable bonds is 2. The second-order valence-corrected chi connectivity index (χ2v) is 7.55. The van der Waals surface area contributed by atoms with Crippen molar-refractivity contribution >= 4 is 17.5 Å². The third kappa shape index (κ3) is 2.51. The molecule has 2 aromatic heterocycles. The fraction of sp³-hybridized carbons (Fsp3) is 0.526. The Morgan fingerprint density at radius 2 is 2.04 bits per heavy atom. The van der Waals surface area contributed by atoms with Gasteiger partial charge in [-0.25, -0.2) is 4.98 Å². The van der Waals surface area contributed by atoms with Crippen molar-refractivity contribution in [1.29, 1.82) is 0 Å². The van der Waals surface area contributed by atoms with Crippen LogP contribution < -0.4 is 0 Å². The average Bonchev–Trinajstić information content (AvgIpc) is 3.36. The topological polar surface area (TPSA) is 57.9 Å². The number of amides is 2. The number of hydrogen-bond donors (Lipinski definition) is 0. The first-order valence-electron chi connectivity index (χ1n) is 9.24. The van der Waals surface area contributed by atoms with Crippen LogP contribution >= 0.6 is 0 Å². The number of pyridine rings is 1. The fourth-order valence-corrected chi connectivity index (χ4v) is 4.53. The van der Waals surface area contributed by atoms with Gasteiger partial charge in [0.25, 0.3) is 5.91 Å². The summed E-state index contributed by atoms with van der Waals surface area (Å²) in [5.41, 5.74) is 1.49. The number of likely N-dealkylation sites (tertiary alicyclic amines) is 2. The molecule has 130 valence electrons. The van der Waals surface area contributed by atoms with E-state index in [4.69, 9.17) is 0 Å². The van der Waals surface area contributed by atoms with Crippen molar-refractivity contribution in [1.82, 2.24) is 19.2 Å². The first-order valence-corrected chi connectivity index (χ1v) is 9.24. The molecule has 0 bridgehead atoms. The van der Waals surface area contributed by atoms with E-state index in [0.717, 1.165) is 44.4 Å². The van der Waals surface area contributed by atoms with Gasteiger partial charge in [0.15, 0.2) is 0 Å². The second kappa shape index (κ2) is 5.58. The summed E-state index contributed by atoms with van der Waals surface area (Å²) in [6, 6.07) is 4.54. The highest BCUT2D eigenvalue weighted by atomic mass is 16.2. The zero-order valence-electron chi connectivity index (χ0n) is 14.2. The van der Waals surface area contributed by atoms with E-state index in [1.807, 2.05) is 33.8 Å². The smallest absolute Gasteiger partial charge is 0.254 e. The normalized spacial score (nSPS) is 26.8. The molecule has 6 heteroatoms. The SMILES string of the molecule is O=C(c1ccn2ccnc2c1)N1CC[C@H]2[C@H](CCC(=O)N2C2CC2)C1. The zero-order chi connectivity index (χ0) is 17.0. The van der Waals surface area contributed by atoms with Gasteiger partial charge >= 0.3 is 0 Å². The van der Waals surface area contributed by atoms with Gasteiger partial charge in [0.1, 0.15) is 5.65 Å². The van der Waals surface area contributed by atoms with Crippen molar-refractivity contribution in [3.05, 3.63) is 36.3 Å². The Kier molecular flexibility index (Phi) is 3.33. The molecule has 2 atom stereocenters. The van der Waals surface area contributed by atoms with Crippen molar-refractivity contribution in [3.8, 4) is 0 Å². The average molecular weight is 338 g/mol. The summed E-state index contributed by atoms with van der Waals surface area (Å²) in [5, 5.41) is 0. The van der Waals surface area contributed by atoms with E-state index in [9.17, 15) is 9.59 Å². The molecule has 3 aliphatic rings. The molecule has 0 unspecified atom stereocenters. The van der Waals surface area contributed by atoms with E-state index < -0.39 is 0 Å². The summed E-state index contributed by atoms with van der Waals surface area (Å²) >= 11 is 0. The molecule has 0 aromatic carbocycles. The maximum absolute atomic E-state index is 12.9. The molecular formula is C19H22N4O2. The van der Waals surface area contributed by atoms with Crippen LogP contribution in [0.5, 0.6) is 0 Å². The minimum atomic E-state index is 0.0822. The Labute approximate surface area is 146 Å². The maximum atomic E-state index is 12.9. The lowest BCUT2D eigenvalue weighted by Crippen LogP contribution is -2.57. The van der Waals surface area contributed by atoms with Crippen LogP contribution in [0.4, 0.5) is 0 Å². The lowest BCUT2D eigenvalue weighted by molar-refractivity contribution is -0.141. The molecule has 2 aromatic rings. The molecule has 5 rings (SSSR count). The van der Waals surface area contributed by atoms with Crippen molar-refractivity contribution in [3.63, 3.8) is 0 Å². The summed E-state index contributed by atoms with van der Waals surface area (Å²) in [5.74, 6) is 0.832. The van der Waals surface area contributed by atoms with Gasteiger partial charge in [-0.15, -0.1) is 0 Å². The van der Waals surface area contributed by atoms with Crippen molar-refractivity contribution < 1.29 is 9.59 Å². The number of carbonyl (C=O) groups excluding carboxylic acids is 2. The molecule has 0 radical (unpaired) electrons. The summed E-state index contributed by atoms with van der Waals surface area (Å²) in [6.45, 7) is 1.50. The van der Waals surface area contributed by atoms with Gasteiger partial charge < -0.3 is 14.2 Å². The Morgan fingerprint density at radius 1 is 1.16 bits per heavy atom. The van der Waals surface area contributed by atoms with E-state index in [-0.39, 0.29) is 5.91 Å². The molecule has 1 aliphatic carbocycles. The van der Waals surface area contributed by atoms with Crippen molar-refractivity contribution in [2.24, 2.45) is 5.92 Å². The number of hydrogen-bond acceptors (Lipinski definition) is 3. The zero-order valence-corrected chi connectivity index (χ0v) is 14.2. The Morgan fingerprint density at radius 3 is 2.88 bits per heavy atom. The number of imidazole rings is 1. The molecular weight excluding hydrogens is 316 g/mol. The molecule has 3 fully saturated rings. The molecule has 2 amide bonds. The van der Waals surface area contributed by atoms with E-state index in [2.05, 4.69) is 9.88 Å². The lowest BCUT2D eigenvalue weighted by Gasteiger charge is -2.47. The minimum absolute atomic E-state index is 0.0822. The summed E-state index contributed by atoms with van der Waals surface area (Å²) < 4.78 is 1.91. The number of fused-ring (bicyclic) bond motifs is 2. The van der Waals surface area contributed by atoms with Crippen LogP contribution in [0.15, 0.2) is 30.7 Å². The van der Waals surface area contributed by atoms with E-state index in [1.165, 1.54) is 0 Å². The van der Waals surface area contributed by atoms with Crippen molar-refractivity contribution in [2.75, 3.05) is 13.1 Å². The van der Waals surface area contributed by atoms with Crippen LogP contribution in [0.3, 0.4) is 0 Å². The minimum Gasteiger partial charge on any atom is -0.338 e. The number of aromatic nitrogens is 2. The number of piperidine rings is 2. The highest BCUT2D eigenvalue weighted by Crippen LogP contribution is 2.39. The summed E-state index contributed by atoms with van der Waals surface area (Å²) in [6.07, 6.45) is 10.3. The molecule has 25 heavy (non-hydrogen) atoms. The third-order valence-corrected chi connectivity index (χ3v) is 5.94. The van der Waals surface area contributed by atoms with Crippen LogP contribution in [-0.2, 0) is 4.79 Å². The second-order valence-electron chi connectivity index (χ2n) is 7.55. The standard InChI is InChI=1S/C19H22N4O2/c24-18-4-1-14-12-22(9-6-16(14)23(18)15-2-3-15)19(25)13-5-8-21-10-7-20-17(21)11-13/h5,7-8,10-11,14-16H,1-4,6,9,12H2/t14-,16+/m1/s1. The molecule has 2 aliphatic heterocycles. The van der Waals surface area contributed by atoms with E-state index in [1.54, 1.807) is 6.20 Å². The first kappa shape index (κ1) is 14.9. The van der Waals surface area contributed by atoms with Crippen molar-refractivity contribution in [2.45, 2.75) is 44.2 Å². The van der Waals surface area contributed by atoms with Gasteiger partial charge in [-0.3, -0.25) is 9.59 Å². The van der Waals surface area contributed by atoms with Crippen LogP contribution in [-0.4, -0.2) is 56.2 Å². The molecule has 2 saturated heterocycles. The largest absolute Gasteiger partial charge is 0.338 e. The molecule has 0 N–H and O–H groups in total. The summed E-state index contributed by atoms with van der Waals surface area (Å²) in [4.78, 5) is 33.6. The first-order chi connectivity index (χ1) is 12.2. The van der Waals surface area contributed by atoms with Gasteiger partial charge in [-0.05, 0) is 43.7 Å². The van der Waals surface area contributed by atoms with Gasteiger partial charge in [-0.1, -0.05) is 0 Å². The molecule has 4 heterocycles. The quantitative estimate of drug-likeness (QED) is 0.841. The monoisotopic (exact) mass is 338 g/mol. The predicted octanol–water partition coefficient (Wildman–Crippen LogP) is 1.95. The fourth-order valence-electron chi connectivity index (χ4n) is 4.53. The van der Waals surface area contributed by atoms with Crippen LogP contribution in [0.1, 0.15) is 42.5 Å². The number of nitrogens with zero attached hydrogens (tertiary/aromatic N) is 4. The van der Waals surface area contributed by atoms with Gasteiger partial charge in [0, 0.05) is 55.7 Å². The van der Waals surface area contributed by atoms with Crippen LogP contribution in [0.2, 0.25) is 0 Å². The number of carbonyl (C=O) groups is 2. The molecule has 1 saturated carbocycles. The Balaban J connectivity index is 1.34. The lowest BCUT2D eigenvalue weighted by atomic mass is 9.83. The highest BCUT2D eigenvalue weighted by Gasteiger charge is 2.45. The summed E-state index contributed by atoms with van der Waals surface area (Å²) in [7, 11) is 0. The Hall–Kier alpha value is -2.37. The maximum Gasteiger partial charge on any atom is 0.254 e. The highest BCUT2D eigenvalue weighted by molar-refractivity contribution is 5.95. The third-order valence-electron chi connectivity index (χ3n) is 5.94. The molecule has 0 spiro atoms. The Bertz CT molecular complexity index is 841. The van der Waals surface area contributed by atoms with Crippen LogP contribution in [0.25, 0.3) is 5.65 Å². The predicted molar refractivity (Wildman–Crippen MR) is 92.1 cm³/mol. The van der Waals surface area contributed by atoms with Gasteiger partial charge in [-0.2, -0.15) is 0 Å². The van der Waals surface area contributed by atoms with Gasteiger partial charge in [0.2, 0.25) is 5.91 Å².